The fourth-order valence-electron chi connectivity index (χ4n) is 2.64. The van der Waals surface area contributed by atoms with Crippen LogP contribution in [0.15, 0.2) is 54.6 Å². The number of carboxylic acids is 1. The number of imidazole rings is 1. The summed E-state index contributed by atoms with van der Waals surface area (Å²) >= 11 is 12.6. The van der Waals surface area contributed by atoms with Gasteiger partial charge in [0.25, 0.3) is 0 Å². The Balaban J connectivity index is 1.87. The van der Waals surface area contributed by atoms with Crippen LogP contribution in [0.1, 0.15) is 28.2 Å². The van der Waals surface area contributed by atoms with Crippen LogP contribution in [0.25, 0.3) is 6.08 Å². The third-order valence-corrected chi connectivity index (χ3v) is 4.67. The molecule has 28 heavy (non-hydrogen) atoms. The fourth-order valence-corrected chi connectivity index (χ4v) is 3.17. The summed E-state index contributed by atoms with van der Waals surface area (Å²) < 4.78 is 1.82. The lowest BCUT2D eigenvalue weighted by Gasteiger charge is -2.10. The van der Waals surface area contributed by atoms with Gasteiger partial charge in [0, 0.05) is 22.2 Å². The van der Waals surface area contributed by atoms with E-state index in [0.717, 1.165) is 22.8 Å². The molecule has 3 rings (SSSR count). The topological polar surface area (TPSA) is 55.1 Å². The van der Waals surface area contributed by atoms with E-state index in [4.69, 9.17) is 28.3 Å². The largest absolute Gasteiger partial charge is 0.478 e. The van der Waals surface area contributed by atoms with Crippen molar-refractivity contribution in [2.45, 2.75) is 13.5 Å². The normalized spacial score (nSPS) is 10.7. The van der Waals surface area contributed by atoms with Crippen LogP contribution in [0.2, 0.25) is 10.2 Å². The minimum absolute atomic E-state index is 0.247. The average molecular weight is 411 g/mol. The zero-order chi connectivity index (χ0) is 20.1. The van der Waals surface area contributed by atoms with E-state index in [-0.39, 0.29) is 5.15 Å². The third kappa shape index (κ3) is 4.83. The summed E-state index contributed by atoms with van der Waals surface area (Å²) in [7, 11) is 0. The second-order valence-electron chi connectivity index (χ2n) is 6.01. The van der Waals surface area contributed by atoms with Crippen LogP contribution in [-0.4, -0.2) is 20.6 Å². The van der Waals surface area contributed by atoms with Crippen LogP contribution < -0.4 is 0 Å². The summed E-state index contributed by atoms with van der Waals surface area (Å²) in [6.07, 6.45) is 2.46. The first-order chi connectivity index (χ1) is 13.4. The van der Waals surface area contributed by atoms with Crippen LogP contribution in [-0.2, 0) is 11.3 Å². The van der Waals surface area contributed by atoms with Crippen molar-refractivity contribution in [3.63, 3.8) is 0 Å². The molecule has 0 bridgehead atoms. The zero-order valence-electron chi connectivity index (χ0n) is 15.0. The van der Waals surface area contributed by atoms with E-state index < -0.39 is 5.97 Å². The summed E-state index contributed by atoms with van der Waals surface area (Å²) in [6.45, 7) is 2.22. The number of carboxylic acid groups (broad SMARTS) is 1. The molecule has 0 aliphatic heterocycles. The number of aromatic nitrogens is 2. The Labute approximate surface area is 173 Å². The first kappa shape index (κ1) is 19.8. The second-order valence-corrected chi connectivity index (χ2v) is 6.78. The van der Waals surface area contributed by atoms with Gasteiger partial charge in [-0.05, 0) is 42.8 Å². The molecule has 1 N–H and O–H groups in total. The predicted octanol–water partition coefficient (Wildman–Crippen LogP) is 5.04. The SMILES string of the molecule is Cc1nc(Cl)c(/C=C/C(=O)O)n1Cc1ccc(C#Cc2ccccc2)cc1Cl. The average Bonchev–Trinajstić information content (AvgIpc) is 2.93. The molecule has 0 radical (unpaired) electrons. The number of rotatable bonds is 4. The molecule has 0 spiro atoms. The maximum absolute atomic E-state index is 10.8. The molecule has 0 saturated heterocycles. The Bertz CT molecular complexity index is 1110. The van der Waals surface area contributed by atoms with Crippen LogP contribution in [0.3, 0.4) is 0 Å². The molecule has 0 aliphatic carbocycles. The smallest absolute Gasteiger partial charge is 0.328 e. The van der Waals surface area contributed by atoms with Crippen molar-refractivity contribution in [2.75, 3.05) is 0 Å². The number of halogens is 2. The van der Waals surface area contributed by atoms with Gasteiger partial charge >= 0.3 is 5.97 Å². The fraction of sp³-hybridized carbons (Fsp3) is 0.0909. The van der Waals surface area contributed by atoms with E-state index in [1.54, 1.807) is 6.92 Å². The number of hydrogen-bond donors (Lipinski definition) is 1. The quantitative estimate of drug-likeness (QED) is 0.483. The highest BCUT2D eigenvalue weighted by Crippen LogP contribution is 2.24. The Morgan fingerprint density at radius 1 is 1.14 bits per heavy atom. The molecule has 3 aromatic rings. The lowest BCUT2D eigenvalue weighted by Crippen LogP contribution is -2.05. The van der Waals surface area contributed by atoms with E-state index in [2.05, 4.69) is 16.8 Å². The summed E-state index contributed by atoms with van der Waals surface area (Å²) in [5, 5.41) is 9.68. The lowest BCUT2D eigenvalue weighted by atomic mass is 10.1. The van der Waals surface area contributed by atoms with Gasteiger partial charge in [0.2, 0.25) is 0 Å². The summed E-state index contributed by atoms with van der Waals surface area (Å²) in [6, 6.07) is 15.3. The minimum atomic E-state index is -1.05. The number of nitrogens with zero attached hydrogens (tertiary/aromatic N) is 2. The Kier molecular flexibility index (Phi) is 6.20. The van der Waals surface area contributed by atoms with Gasteiger partial charge in [-0.2, -0.15) is 0 Å². The Hall–Kier alpha value is -3.00. The van der Waals surface area contributed by atoms with Gasteiger partial charge in [0.15, 0.2) is 5.15 Å². The van der Waals surface area contributed by atoms with Crippen LogP contribution in [0, 0.1) is 18.8 Å². The van der Waals surface area contributed by atoms with E-state index in [9.17, 15) is 4.79 Å². The number of aliphatic carboxylic acids is 1. The molecule has 4 nitrogen and oxygen atoms in total. The monoisotopic (exact) mass is 410 g/mol. The van der Waals surface area contributed by atoms with Crippen molar-refractivity contribution in [3.05, 3.63) is 93.0 Å². The van der Waals surface area contributed by atoms with Crippen molar-refractivity contribution in [1.82, 2.24) is 9.55 Å². The Morgan fingerprint density at radius 2 is 1.86 bits per heavy atom. The first-order valence-electron chi connectivity index (χ1n) is 8.43. The van der Waals surface area contributed by atoms with E-state index in [0.29, 0.717) is 23.1 Å². The summed E-state index contributed by atoms with van der Waals surface area (Å²) in [5.74, 6) is 5.81. The van der Waals surface area contributed by atoms with Crippen LogP contribution in [0.5, 0.6) is 0 Å². The molecule has 0 unspecified atom stereocenters. The van der Waals surface area contributed by atoms with E-state index in [1.807, 2.05) is 53.1 Å². The third-order valence-electron chi connectivity index (χ3n) is 4.04. The molecule has 0 aliphatic rings. The summed E-state index contributed by atoms with van der Waals surface area (Å²) in [5.41, 5.74) is 3.12. The summed E-state index contributed by atoms with van der Waals surface area (Å²) in [4.78, 5) is 15.0. The molecule has 6 heteroatoms. The van der Waals surface area contributed by atoms with Crippen molar-refractivity contribution in [3.8, 4) is 11.8 Å². The molecule has 0 fully saturated rings. The molecule has 140 valence electrons. The second kappa shape index (κ2) is 8.79. The van der Waals surface area contributed by atoms with Crippen molar-refractivity contribution < 1.29 is 9.90 Å². The van der Waals surface area contributed by atoms with Crippen molar-refractivity contribution in [1.29, 1.82) is 0 Å². The van der Waals surface area contributed by atoms with Crippen LogP contribution >= 0.6 is 23.2 Å². The standard InChI is InChI=1S/C22H16Cl2N2O2/c1-15-25-22(24)20(11-12-21(27)28)26(15)14-18-10-9-17(13-19(18)23)8-7-16-5-3-2-4-6-16/h2-6,9-13H,14H2,1H3,(H,27,28)/b12-11+. The number of hydrogen-bond acceptors (Lipinski definition) is 2. The molecule has 0 atom stereocenters. The molecule has 1 heterocycles. The van der Waals surface area contributed by atoms with Crippen molar-refractivity contribution in [2.24, 2.45) is 0 Å². The molecular weight excluding hydrogens is 395 g/mol. The van der Waals surface area contributed by atoms with Gasteiger partial charge in [0.05, 0.1) is 12.2 Å². The Morgan fingerprint density at radius 3 is 2.54 bits per heavy atom. The van der Waals surface area contributed by atoms with Crippen LogP contribution in [0.4, 0.5) is 0 Å². The zero-order valence-corrected chi connectivity index (χ0v) is 16.5. The van der Waals surface area contributed by atoms with E-state index in [1.165, 1.54) is 6.08 Å². The van der Waals surface area contributed by atoms with Gasteiger partial charge in [-0.15, -0.1) is 0 Å². The maximum Gasteiger partial charge on any atom is 0.328 e. The maximum atomic E-state index is 10.8. The van der Waals surface area contributed by atoms with Crippen molar-refractivity contribution >= 4 is 35.2 Å². The molecule has 0 saturated carbocycles. The lowest BCUT2D eigenvalue weighted by molar-refractivity contribution is -0.131. The minimum Gasteiger partial charge on any atom is -0.478 e. The van der Waals surface area contributed by atoms with Gasteiger partial charge in [-0.1, -0.05) is 59.3 Å². The molecule has 1 aromatic heterocycles. The highest BCUT2D eigenvalue weighted by atomic mass is 35.5. The highest BCUT2D eigenvalue weighted by Gasteiger charge is 2.13. The molecular formula is C22H16Cl2N2O2. The predicted molar refractivity (Wildman–Crippen MR) is 112 cm³/mol. The van der Waals surface area contributed by atoms with Gasteiger partial charge in [0.1, 0.15) is 5.82 Å². The number of aryl methyl sites for hydroxylation is 1. The van der Waals surface area contributed by atoms with Gasteiger partial charge in [-0.3, -0.25) is 0 Å². The highest BCUT2D eigenvalue weighted by molar-refractivity contribution is 6.31. The molecule has 2 aromatic carbocycles. The first-order valence-corrected chi connectivity index (χ1v) is 9.19. The molecule has 0 amide bonds. The van der Waals surface area contributed by atoms with Gasteiger partial charge in [-0.25, -0.2) is 9.78 Å². The number of carbonyl (C=O) groups is 1. The van der Waals surface area contributed by atoms with E-state index >= 15 is 0 Å². The van der Waals surface area contributed by atoms with Gasteiger partial charge < -0.3 is 9.67 Å². The number of benzene rings is 2.